The molecule has 2 aliphatic heterocycles. The van der Waals surface area contributed by atoms with Gasteiger partial charge in [0.1, 0.15) is 5.92 Å². The molecule has 0 bridgehead atoms. The molecule has 0 saturated carbocycles. The number of imide groups is 1. The molecule has 2 aliphatic rings. The van der Waals surface area contributed by atoms with Gasteiger partial charge in [-0.2, -0.15) is 0 Å². The van der Waals surface area contributed by atoms with Crippen LogP contribution in [0.4, 0.5) is 11.4 Å². The SMILES string of the molecule is CCCCOc1ccc([C@@H]2[C@@H]3C(=O)N(c4ccc(Br)cc4)C(=O)[C@@H]3ON2c2ccccc2)cc1OCC. The molecule has 3 aromatic carbocycles. The zero-order valence-corrected chi connectivity index (χ0v) is 22.4. The van der Waals surface area contributed by atoms with Gasteiger partial charge in [-0.3, -0.25) is 14.4 Å². The van der Waals surface area contributed by atoms with E-state index in [2.05, 4.69) is 22.9 Å². The van der Waals surface area contributed by atoms with Crippen molar-refractivity contribution in [2.75, 3.05) is 23.2 Å². The maximum absolute atomic E-state index is 13.8. The Hall–Kier alpha value is -3.36. The first-order valence-electron chi connectivity index (χ1n) is 12.6. The van der Waals surface area contributed by atoms with Crippen LogP contribution in [0.1, 0.15) is 38.3 Å². The maximum Gasteiger partial charge on any atom is 0.266 e. The molecule has 3 aromatic rings. The number of carbonyl (C=O) groups excluding carboxylic acids is 2. The van der Waals surface area contributed by atoms with Gasteiger partial charge in [0.25, 0.3) is 5.91 Å². The maximum atomic E-state index is 13.8. The second kappa shape index (κ2) is 10.9. The van der Waals surface area contributed by atoms with Crippen LogP contribution in [0.5, 0.6) is 11.5 Å². The van der Waals surface area contributed by atoms with Crippen molar-refractivity contribution in [3.8, 4) is 11.5 Å². The summed E-state index contributed by atoms with van der Waals surface area (Å²) in [5.74, 6) is -0.120. The molecule has 0 aliphatic carbocycles. The molecule has 2 amide bonds. The third kappa shape index (κ3) is 4.83. The van der Waals surface area contributed by atoms with Gasteiger partial charge in [0.05, 0.1) is 30.6 Å². The number of ether oxygens (including phenoxy) is 2. The predicted molar refractivity (Wildman–Crippen MR) is 145 cm³/mol. The molecule has 0 spiro atoms. The van der Waals surface area contributed by atoms with Crippen LogP contribution in [0.3, 0.4) is 0 Å². The molecule has 192 valence electrons. The first-order chi connectivity index (χ1) is 18.0. The summed E-state index contributed by atoms with van der Waals surface area (Å²) in [5, 5.41) is 1.69. The molecular formula is C29H29BrN2O5. The number of fused-ring (bicyclic) bond motifs is 1. The highest BCUT2D eigenvalue weighted by atomic mass is 79.9. The fourth-order valence-corrected chi connectivity index (χ4v) is 5.08. The van der Waals surface area contributed by atoms with E-state index >= 15 is 0 Å². The van der Waals surface area contributed by atoms with Crippen molar-refractivity contribution in [1.82, 2.24) is 0 Å². The summed E-state index contributed by atoms with van der Waals surface area (Å²) in [6.45, 7) is 5.10. The second-order valence-electron chi connectivity index (χ2n) is 8.99. The molecule has 37 heavy (non-hydrogen) atoms. The summed E-state index contributed by atoms with van der Waals surface area (Å²) in [7, 11) is 0. The van der Waals surface area contributed by atoms with Gasteiger partial charge in [-0.1, -0.05) is 53.5 Å². The van der Waals surface area contributed by atoms with Crippen LogP contribution in [0.25, 0.3) is 0 Å². The molecule has 8 heteroatoms. The van der Waals surface area contributed by atoms with E-state index in [0.29, 0.717) is 30.4 Å². The Kier molecular flexibility index (Phi) is 7.48. The molecule has 0 unspecified atom stereocenters. The number of nitrogens with zero attached hydrogens (tertiary/aromatic N) is 2. The number of carbonyl (C=O) groups is 2. The number of rotatable bonds is 9. The third-order valence-corrected chi connectivity index (χ3v) is 7.10. The molecule has 0 aromatic heterocycles. The first-order valence-corrected chi connectivity index (χ1v) is 13.4. The smallest absolute Gasteiger partial charge is 0.266 e. The summed E-state index contributed by atoms with van der Waals surface area (Å²) >= 11 is 3.41. The molecule has 3 atom stereocenters. The van der Waals surface area contributed by atoms with Gasteiger partial charge < -0.3 is 9.47 Å². The number of para-hydroxylation sites is 1. The molecule has 0 radical (unpaired) electrons. The minimum Gasteiger partial charge on any atom is -0.490 e. The van der Waals surface area contributed by atoms with Gasteiger partial charge in [-0.05, 0) is 67.4 Å². The summed E-state index contributed by atoms with van der Waals surface area (Å²) < 4.78 is 12.7. The lowest BCUT2D eigenvalue weighted by Gasteiger charge is -2.29. The summed E-state index contributed by atoms with van der Waals surface area (Å²) in [6, 6.07) is 21.8. The summed E-state index contributed by atoms with van der Waals surface area (Å²) in [6.07, 6.45) is 1.04. The molecule has 7 nitrogen and oxygen atoms in total. The Morgan fingerprint density at radius 2 is 1.62 bits per heavy atom. The van der Waals surface area contributed by atoms with Crippen LogP contribution in [-0.2, 0) is 14.4 Å². The van der Waals surface area contributed by atoms with Crippen molar-refractivity contribution in [1.29, 1.82) is 0 Å². The fourth-order valence-electron chi connectivity index (χ4n) is 4.82. The van der Waals surface area contributed by atoms with E-state index in [1.807, 2.05) is 67.6 Å². The first kappa shape index (κ1) is 25.3. The number of amides is 2. The Balaban J connectivity index is 1.55. The number of hydroxylamine groups is 1. The number of halogens is 1. The lowest BCUT2D eigenvalue weighted by Crippen LogP contribution is -2.37. The van der Waals surface area contributed by atoms with Crippen molar-refractivity contribution >= 4 is 39.1 Å². The molecule has 2 saturated heterocycles. The lowest BCUT2D eigenvalue weighted by atomic mass is 9.90. The highest BCUT2D eigenvalue weighted by Crippen LogP contribution is 2.48. The Bertz CT molecular complexity index is 1270. The zero-order valence-electron chi connectivity index (χ0n) is 20.8. The van der Waals surface area contributed by atoms with Crippen LogP contribution in [0.15, 0.2) is 77.3 Å². The van der Waals surface area contributed by atoms with E-state index in [0.717, 1.165) is 28.6 Å². The minimum absolute atomic E-state index is 0.290. The predicted octanol–water partition coefficient (Wildman–Crippen LogP) is 6.08. The molecule has 2 fully saturated rings. The Morgan fingerprint density at radius 1 is 0.865 bits per heavy atom. The Labute approximate surface area is 225 Å². The van der Waals surface area contributed by atoms with Crippen molar-refractivity contribution in [2.24, 2.45) is 5.92 Å². The van der Waals surface area contributed by atoms with Gasteiger partial charge in [0.2, 0.25) is 5.91 Å². The minimum atomic E-state index is -0.933. The largest absolute Gasteiger partial charge is 0.490 e. The van der Waals surface area contributed by atoms with Crippen molar-refractivity contribution in [2.45, 2.75) is 38.8 Å². The second-order valence-corrected chi connectivity index (χ2v) is 9.90. The van der Waals surface area contributed by atoms with Gasteiger partial charge in [0.15, 0.2) is 17.6 Å². The summed E-state index contributed by atoms with van der Waals surface area (Å²) in [5.41, 5.74) is 2.09. The van der Waals surface area contributed by atoms with E-state index in [-0.39, 0.29) is 11.8 Å². The van der Waals surface area contributed by atoms with Crippen LogP contribution in [0, 0.1) is 5.92 Å². The molecule has 5 rings (SSSR count). The van der Waals surface area contributed by atoms with Crippen LogP contribution >= 0.6 is 15.9 Å². The highest BCUT2D eigenvalue weighted by molar-refractivity contribution is 9.10. The van der Waals surface area contributed by atoms with Gasteiger partial charge in [-0.15, -0.1) is 0 Å². The van der Waals surface area contributed by atoms with Crippen LogP contribution in [-0.4, -0.2) is 31.1 Å². The number of anilines is 2. The standard InChI is InChI=1S/C29H29BrN2O5/c1-3-5-17-36-23-16-11-19(18-24(23)35-4-2)26-25-27(37-32(26)22-9-7-6-8-10-22)29(34)31(28(25)33)21-14-12-20(30)13-15-21/h6-16,18,25-27H,3-5,17H2,1-2H3/t25-,26+,27+/m0/s1. The quantitative estimate of drug-likeness (QED) is 0.232. The lowest BCUT2D eigenvalue weighted by molar-refractivity contribution is -0.126. The van der Waals surface area contributed by atoms with Crippen molar-refractivity contribution < 1.29 is 23.9 Å². The normalized spacial score (nSPS) is 20.9. The van der Waals surface area contributed by atoms with E-state index in [9.17, 15) is 9.59 Å². The molecule has 0 N–H and O–H groups in total. The number of hydrogen-bond acceptors (Lipinski definition) is 6. The van der Waals surface area contributed by atoms with Crippen LogP contribution in [0.2, 0.25) is 0 Å². The van der Waals surface area contributed by atoms with E-state index < -0.39 is 18.1 Å². The Morgan fingerprint density at radius 3 is 2.32 bits per heavy atom. The topological polar surface area (TPSA) is 68.3 Å². The van der Waals surface area contributed by atoms with Gasteiger partial charge in [0, 0.05) is 4.47 Å². The molecular weight excluding hydrogens is 536 g/mol. The number of unbranched alkanes of at least 4 members (excludes halogenated alkanes) is 1. The van der Waals surface area contributed by atoms with Crippen molar-refractivity contribution in [3.05, 3.63) is 82.8 Å². The zero-order chi connectivity index (χ0) is 25.9. The fraction of sp³-hybridized carbons (Fsp3) is 0.310. The van der Waals surface area contributed by atoms with Gasteiger partial charge >= 0.3 is 0 Å². The van der Waals surface area contributed by atoms with E-state index in [1.54, 1.807) is 17.2 Å². The monoisotopic (exact) mass is 564 g/mol. The average molecular weight is 565 g/mol. The number of hydrogen-bond donors (Lipinski definition) is 0. The average Bonchev–Trinajstić information content (AvgIpc) is 3.42. The van der Waals surface area contributed by atoms with E-state index in [1.165, 1.54) is 4.90 Å². The third-order valence-electron chi connectivity index (χ3n) is 6.58. The van der Waals surface area contributed by atoms with Crippen LogP contribution < -0.4 is 19.4 Å². The molecule has 2 heterocycles. The summed E-state index contributed by atoms with van der Waals surface area (Å²) in [4.78, 5) is 34.8. The number of benzene rings is 3. The van der Waals surface area contributed by atoms with Gasteiger partial charge in [-0.25, -0.2) is 9.96 Å². The highest BCUT2D eigenvalue weighted by Gasteiger charge is 2.60. The van der Waals surface area contributed by atoms with E-state index in [4.69, 9.17) is 14.3 Å². The van der Waals surface area contributed by atoms with Crippen molar-refractivity contribution in [3.63, 3.8) is 0 Å².